The van der Waals surface area contributed by atoms with Gasteiger partial charge in [-0.2, -0.15) is 4.99 Å². The molecule has 2 aromatic carbocycles. The van der Waals surface area contributed by atoms with Crippen molar-refractivity contribution >= 4 is 40.4 Å². The van der Waals surface area contributed by atoms with Crippen LogP contribution in [0, 0.1) is 10.1 Å². The first-order valence-electron chi connectivity index (χ1n) is 11.2. The van der Waals surface area contributed by atoms with Gasteiger partial charge in [0, 0.05) is 30.9 Å². The van der Waals surface area contributed by atoms with Crippen molar-refractivity contribution in [1.29, 1.82) is 0 Å². The van der Waals surface area contributed by atoms with Crippen molar-refractivity contribution in [3.63, 3.8) is 0 Å². The van der Waals surface area contributed by atoms with E-state index < -0.39 is 16.7 Å². The second kappa shape index (κ2) is 9.27. The molecule has 1 unspecified atom stereocenters. The fraction of sp³-hybridized carbons (Fsp3) is 0.375. The molecule has 8 nitrogen and oxygen atoms in total. The van der Waals surface area contributed by atoms with Gasteiger partial charge in [-0.3, -0.25) is 15.0 Å². The molecule has 9 heteroatoms. The lowest BCUT2D eigenvalue weighted by atomic mass is 10.0. The molecule has 2 aliphatic rings. The fourth-order valence-corrected chi connectivity index (χ4v) is 4.56. The van der Waals surface area contributed by atoms with Crippen LogP contribution in [0.2, 0.25) is 0 Å². The van der Waals surface area contributed by atoms with Crippen molar-refractivity contribution in [3.05, 3.63) is 69.8 Å². The Kier molecular flexibility index (Phi) is 6.42. The lowest BCUT2D eigenvalue weighted by Gasteiger charge is -2.32. The van der Waals surface area contributed by atoms with E-state index in [1.54, 1.807) is 29.2 Å². The first-order valence-corrected chi connectivity index (χ1v) is 11.6. The molecule has 172 valence electrons. The summed E-state index contributed by atoms with van der Waals surface area (Å²) in [6.07, 6.45) is 4.01. The highest BCUT2D eigenvalue weighted by atomic mass is 32.1. The molecule has 0 radical (unpaired) electrons. The first-order chi connectivity index (χ1) is 15.9. The number of ether oxygens (including phenoxy) is 1. The molecule has 0 saturated heterocycles. The summed E-state index contributed by atoms with van der Waals surface area (Å²) < 4.78 is 5.94. The Morgan fingerprint density at radius 1 is 1.09 bits per heavy atom. The Bertz CT molecular complexity index is 1110. The number of fused-ring (bicyclic) bond motifs is 2. The lowest BCUT2D eigenvalue weighted by molar-refractivity contribution is -0.384. The van der Waals surface area contributed by atoms with E-state index in [9.17, 15) is 14.9 Å². The van der Waals surface area contributed by atoms with Gasteiger partial charge in [0.15, 0.2) is 10.8 Å². The number of carbonyl (C=O) groups is 1. The topological polar surface area (TPSA) is 88.3 Å². The Labute approximate surface area is 198 Å². The Morgan fingerprint density at radius 3 is 2.33 bits per heavy atom. The summed E-state index contributed by atoms with van der Waals surface area (Å²) in [7, 11) is 0. The minimum absolute atomic E-state index is 0.0320. The number of unbranched alkanes of at least 4 members (excludes halogenated alkanes) is 2. The van der Waals surface area contributed by atoms with Crippen LogP contribution in [0.1, 0.15) is 55.5 Å². The number of anilines is 1. The molecule has 0 N–H and O–H groups in total. The van der Waals surface area contributed by atoms with E-state index in [1.165, 1.54) is 12.1 Å². The van der Waals surface area contributed by atoms with Gasteiger partial charge >= 0.3 is 11.8 Å². The summed E-state index contributed by atoms with van der Waals surface area (Å²) in [5.74, 6) is -1.33. The van der Waals surface area contributed by atoms with E-state index in [1.807, 2.05) is 12.1 Å². The molecule has 4 rings (SSSR count). The van der Waals surface area contributed by atoms with Crippen LogP contribution in [0.3, 0.4) is 0 Å². The molecule has 0 bridgehead atoms. The van der Waals surface area contributed by atoms with Gasteiger partial charge in [0.25, 0.3) is 5.69 Å². The molecular formula is C24H26N4O4S. The molecular weight excluding hydrogens is 440 g/mol. The van der Waals surface area contributed by atoms with Crippen LogP contribution >= 0.6 is 12.2 Å². The quantitative estimate of drug-likeness (QED) is 0.233. The average molecular weight is 467 g/mol. The highest BCUT2D eigenvalue weighted by Gasteiger charge is 2.57. The number of nitro groups is 1. The predicted molar refractivity (Wildman–Crippen MR) is 131 cm³/mol. The van der Waals surface area contributed by atoms with E-state index in [4.69, 9.17) is 21.9 Å². The number of amidine groups is 1. The number of esters is 1. The molecule has 2 aliphatic heterocycles. The van der Waals surface area contributed by atoms with Gasteiger partial charge in [0.05, 0.1) is 16.1 Å². The Hall–Kier alpha value is -3.33. The number of thiocarbonyl (C=S) groups is 1. The SMILES string of the molecule is CCCCN(CCCC)C1=NC2(OC(=O)c3ccccc32)N(c2ccc([N+](=O)[O-])cc2)C1=S. The average Bonchev–Trinajstić information content (AvgIpc) is 3.27. The lowest BCUT2D eigenvalue weighted by Crippen LogP contribution is -2.46. The van der Waals surface area contributed by atoms with Crippen molar-refractivity contribution in [3.8, 4) is 0 Å². The van der Waals surface area contributed by atoms with Crippen LogP contribution in [0.25, 0.3) is 0 Å². The van der Waals surface area contributed by atoms with Crippen molar-refractivity contribution in [2.45, 2.75) is 45.4 Å². The van der Waals surface area contributed by atoms with Crippen molar-refractivity contribution in [2.24, 2.45) is 4.99 Å². The minimum atomic E-state index is -1.47. The monoisotopic (exact) mass is 466 g/mol. The van der Waals surface area contributed by atoms with Crippen LogP contribution in [0.15, 0.2) is 53.5 Å². The summed E-state index contributed by atoms with van der Waals surface area (Å²) in [6.45, 7) is 5.84. The van der Waals surface area contributed by atoms with E-state index in [0.29, 0.717) is 27.6 Å². The molecule has 2 aromatic rings. The number of aliphatic imine (C=N–C) groups is 1. The number of benzene rings is 2. The number of non-ortho nitro benzene ring substituents is 1. The van der Waals surface area contributed by atoms with Crippen molar-refractivity contribution < 1.29 is 14.5 Å². The number of nitro benzene ring substituents is 1. The highest BCUT2D eigenvalue weighted by molar-refractivity contribution is 7.82. The van der Waals surface area contributed by atoms with Gasteiger partial charge in [0.2, 0.25) is 0 Å². The fourth-order valence-electron chi connectivity index (χ4n) is 4.16. The maximum atomic E-state index is 12.8. The van der Waals surface area contributed by atoms with E-state index in [2.05, 4.69) is 18.7 Å². The third kappa shape index (κ3) is 3.97. The van der Waals surface area contributed by atoms with Crippen LogP contribution in [0.5, 0.6) is 0 Å². The summed E-state index contributed by atoms with van der Waals surface area (Å²) >= 11 is 5.91. The van der Waals surface area contributed by atoms with Crippen LogP contribution in [0.4, 0.5) is 11.4 Å². The Balaban J connectivity index is 1.84. The normalized spacial score (nSPS) is 19.0. The first kappa shape index (κ1) is 22.8. The molecule has 1 spiro atoms. The smallest absolute Gasteiger partial charge is 0.342 e. The number of carbonyl (C=O) groups excluding carboxylic acids is 1. The molecule has 2 heterocycles. The van der Waals surface area contributed by atoms with Gasteiger partial charge < -0.3 is 9.64 Å². The number of nitrogens with zero attached hydrogens (tertiary/aromatic N) is 4. The second-order valence-corrected chi connectivity index (χ2v) is 8.47. The molecule has 33 heavy (non-hydrogen) atoms. The highest BCUT2D eigenvalue weighted by Crippen LogP contribution is 2.47. The van der Waals surface area contributed by atoms with Crippen molar-refractivity contribution in [2.75, 3.05) is 18.0 Å². The van der Waals surface area contributed by atoms with Gasteiger partial charge in [0.1, 0.15) is 0 Å². The molecule has 0 aliphatic carbocycles. The molecule has 0 saturated carbocycles. The van der Waals surface area contributed by atoms with Gasteiger partial charge in [-0.15, -0.1) is 0 Å². The summed E-state index contributed by atoms with van der Waals surface area (Å²) in [5, 5.41) is 11.2. The summed E-state index contributed by atoms with van der Waals surface area (Å²) in [6, 6.07) is 13.2. The number of hydrogen-bond donors (Lipinski definition) is 0. The van der Waals surface area contributed by atoms with Gasteiger partial charge in [-0.1, -0.05) is 51.0 Å². The zero-order valence-corrected chi connectivity index (χ0v) is 19.5. The largest absolute Gasteiger partial charge is 0.409 e. The minimum Gasteiger partial charge on any atom is -0.409 e. The van der Waals surface area contributed by atoms with Crippen molar-refractivity contribution in [1.82, 2.24) is 4.90 Å². The van der Waals surface area contributed by atoms with Gasteiger partial charge in [-0.25, -0.2) is 4.79 Å². The standard InChI is InChI=1S/C24H26N4O4S/c1-3-5-15-26(16-6-4-2)21-22(33)27(17-11-13-18(14-12-17)28(30)31)24(25-21)20-10-8-7-9-19(20)23(29)32-24/h7-14H,3-6,15-16H2,1-2H3. The van der Waals surface area contributed by atoms with E-state index in [0.717, 1.165) is 38.8 Å². The number of hydrogen-bond acceptors (Lipinski definition) is 7. The molecule has 0 amide bonds. The zero-order chi connectivity index (χ0) is 23.6. The Morgan fingerprint density at radius 2 is 1.73 bits per heavy atom. The van der Waals surface area contributed by atoms with Gasteiger partial charge in [-0.05, 0) is 37.1 Å². The third-order valence-electron chi connectivity index (χ3n) is 5.87. The maximum Gasteiger partial charge on any atom is 0.342 e. The summed E-state index contributed by atoms with van der Waals surface area (Å²) in [4.78, 5) is 32.8. The van der Waals surface area contributed by atoms with Crippen LogP contribution < -0.4 is 4.90 Å². The molecule has 1 atom stereocenters. The predicted octanol–water partition coefficient (Wildman–Crippen LogP) is 5.02. The molecule has 0 fully saturated rings. The zero-order valence-electron chi connectivity index (χ0n) is 18.7. The molecule has 0 aromatic heterocycles. The maximum absolute atomic E-state index is 12.8. The third-order valence-corrected chi connectivity index (χ3v) is 6.23. The van der Waals surface area contributed by atoms with Crippen LogP contribution in [-0.2, 0) is 10.6 Å². The number of rotatable bonds is 8. The van der Waals surface area contributed by atoms with Crippen LogP contribution in [-0.4, -0.2) is 39.7 Å². The van der Waals surface area contributed by atoms with E-state index >= 15 is 0 Å². The second-order valence-electron chi connectivity index (χ2n) is 8.09. The summed E-state index contributed by atoms with van der Waals surface area (Å²) in [5.41, 5.74) is 1.58. The van der Waals surface area contributed by atoms with E-state index in [-0.39, 0.29) is 5.69 Å².